The molecule has 32 heavy (non-hydrogen) atoms. The van der Waals surface area contributed by atoms with Crippen LogP contribution in [0.5, 0.6) is 11.5 Å². The van der Waals surface area contributed by atoms with Crippen LogP contribution in [0.25, 0.3) is 0 Å². The van der Waals surface area contributed by atoms with Crippen LogP contribution in [0, 0.1) is 29.1 Å². The standard InChI is InChI=1S/C26H30N2O4/c1-31-21-7-5-6-18(13-21)14-25(29)28-16-20-12-19(10-11-27)15-26(30,23(20)17-28)22-8-3-4-9-24(22)32-2/h3-9,13,19-20,23,30H,10,12,14-17H2,1-2H3/t19-,20+,23-,26-/m1/s1. The highest BCUT2D eigenvalue weighted by atomic mass is 16.5. The molecule has 1 saturated carbocycles. The molecular weight excluding hydrogens is 404 g/mol. The van der Waals surface area contributed by atoms with Crippen LogP contribution in [0.1, 0.15) is 30.4 Å². The number of rotatable bonds is 6. The SMILES string of the molecule is COc1cccc(CC(=O)N2C[C@@H]3C[C@@H](CC#N)C[C@@](O)(c4ccccc4OC)[C@@H]3C2)c1. The van der Waals surface area contributed by atoms with Crippen molar-refractivity contribution in [2.24, 2.45) is 17.8 Å². The van der Waals surface area contributed by atoms with E-state index < -0.39 is 5.60 Å². The number of methoxy groups -OCH3 is 2. The van der Waals surface area contributed by atoms with Crippen LogP contribution in [0.2, 0.25) is 0 Å². The van der Waals surface area contributed by atoms with E-state index in [0.717, 1.165) is 23.3 Å². The van der Waals surface area contributed by atoms with Crippen LogP contribution in [0.15, 0.2) is 48.5 Å². The summed E-state index contributed by atoms with van der Waals surface area (Å²) in [4.78, 5) is 15.0. The molecule has 0 unspecified atom stereocenters. The number of para-hydroxylation sites is 1. The zero-order valence-electron chi connectivity index (χ0n) is 18.7. The number of nitrogens with zero attached hydrogens (tertiary/aromatic N) is 2. The molecule has 168 valence electrons. The first-order valence-corrected chi connectivity index (χ1v) is 11.1. The first kappa shape index (κ1) is 22.2. The fourth-order valence-corrected chi connectivity index (χ4v) is 5.62. The molecule has 1 aliphatic carbocycles. The van der Waals surface area contributed by atoms with E-state index in [1.54, 1.807) is 14.2 Å². The van der Waals surface area contributed by atoms with Crippen LogP contribution in [0.3, 0.4) is 0 Å². The molecule has 2 aromatic carbocycles. The number of fused-ring (bicyclic) bond motifs is 1. The first-order valence-electron chi connectivity index (χ1n) is 11.1. The minimum Gasteiger partial charge on any atom is -0.497 e. The van der Waals surface area contributed by atoms with Gasteiger partial charge in [0.05, 0.1) is 32.3 Å². The second-order valence-corrected chi connectivity index (χ2v) is 8.99. The van der Waals surface area contributed by atoms with Gasteiger partial charge in [0.2, 0.25) is 5.91 Å². The molecule has 1 saturated heterocycles. The lowest BCUT2D eigenvalue weighted by Gasteiger charge is -2.45. The average Bonchev–Trinajstić information content (AvgIpc) is 3.25. The van der Waals surface area contributed by atoms with Gasteiger partial charge in [0.25, 0.3) is 0 Å². The van der Waals surface area contributed by atoms with Gasteiger partial charge in [0, 0.05) is 31.0 Å². The number of carbonyl (C=O) groups is 1. The lowest BCUT2D eigenvalue weighted by atomic mass is 9.63. The summed E-state index contributed by atoms with van der Waals surface area (Å²) in [7, 11) is 3.22. The van der Waals surface area contributed by atoms with Gasteiger partial charge in [-0.1, -0.05) is 30.3 Å². The predicted molar refractivity (Wildman–Crippen MR) is 120 cm³/mol. The quantitative estimate of drug-likeness (QED) is 0.752. The summed E-state index contributed by atoms with van der Waals surface area (Å²) in [5, 5.41) is 21.4. The largest absolute Gasteiger partial charge is 0.497 e. The Morgan fingerprint density at radius 3 is 2.75 bits per heavy atom. The van der Waals surface area contributed by atoms with Crippen molar-refractivity contribution in [1.29, 1.82) is 5.26 Å². The molecule has 0 spiro atoms. The number of likely N-dealkylation sites (tertiary alicyclic amines) is 1. The van der Waals surface area contributed by atoms with Gasteiger partial charge in [-0.05, 0) is 48.4 Å². The third kappa shape index (κ3) is 4.18. The number of hydrogen-bond acceptors (Lipinski definition) is 5. The van der Waals surface area contributed by atoms with Crippen LogP contribution >= 0.6 is 0 Å². The van der Waals surface area contributed by atoms with Gasteiger partial charge >= 0.3 is 0 Å². The van der Waals surface area contributed by atoms with E-state index in [4.69, 9.17) is 9.47 Å². The van der Waals surface area contributed by atoms with Crippen molar-refractivity contribution in [3.8, 4) is 17.6 Å². The third-order valence-electron chi connectivity index (χ3n) is 7.09. The van der Waals surface area contributed by atoms with Crippen LogP contribution in [0.4, 0.5) is 0 Å². The van der Waals surface area contributed by atoms with Gasteiger partial charge in [-0.25, -0.2) is 0 Å². The Morgan fingerprint density at radius 1 is 1.19 bits per heavy atom. The second-order valence-electron chi connectivity index (χ2n) is 8.99. The molecule has 1 heterocycles. The molecule has 1 N–H and O–H groups in total. The summed E-state index contributed by atoms with van der Waals surface area (Å²) in [5.74, 6) is 1.56. The molecule has 4 atom stereocenters. The number of amides is 1. The van der Waals surface area contributed by atoms with Gasteiger partial charge in [0.15, 0.2) is 0 Å². The molecule has 2 aliphatic rings. The topological polar surface area (TPSA) is 82.8 Å². The Bertz CT molecular complexity index is 1020. The van der Waals surface area contributed by atoms with E-state index in [0.29, 0.717) is 38.1 Å². The van der Waals surface area contributed by atoms with E-state index >= 15 is 0 Å². The predicted octanol–water partition coefficient (Wildman–Crippen LogP) is 3.53. The van der Waals surface area contributed by atoms with E-state index in [-0.39, 0.29) is 23.7 Å². The highest BCUT2D eigenvalue weighted by molar-refractivity contribution is 5.79. The summed E-state index contributed by atoms with van der Waals surface area (Å²) in [6, 6.07) is 17.4. The molecule has 6 nitrogen and oxygen atoms in total. The molecule has 0 radical (unpaired) electrons. The molecule has 4 rings (SSSR count). The summed E-state index contributed by atoms with van der Waals surface area (Å²) in [5.41, 5.74) is 0.524. The van der Waals surface area contributed by atoms with Crippen molar-refractivity contribution in [2.75, 3.05) is 27.3 Å². The Labute approximate surface area is 189 Å². The number of carbonyl (C=O) groups excluding carboxylic acids is 1. The fraction of sp³-hybridized carbons (Fsp3) is 0.462. The van der Waals surface area contributed by atoms with Gasteiger partial charge < -0.3 is 19.5 Å². The molecule has 6 heteroatoms. The zero-order chi connectivity index (χ0) is 22.7. The Morgan fingerprint density at radius 2 is 2.00 bits per heavy atom. The third-order valence-corrected chi connectivity index (χ3v) is 7.09. The van der Waals surface area contributed by atoms with Crippen LogP contribution in [-0.2, 0) is 16.8 Å². The molecule has 2 fully saturated rings. The Hall–Kier alpha value is -3.04. The normalized spacial score (nSPS) is 26.8. The Kier molecular flexibility index (Phi) is 6.38. The summed E-state index contributed by atoms with van der Waals surface area (Å²) in [6.07, 6.45) is 2.04. The van der Waals surface area contributed by atoms with Crippen molar-refractivity contribution in [3.63, 3.8) is 0 Å². The van der Waals surface area contributed by atoms with Crippen LogP contribution in [-0.4, -0.2) is 43.2 Å². The lowest BCUT2D eigenvalue weighted by molar-refractivity contribution is -0.130. The molecule has 0 bridgehead atoms. The van der Waals surface area contributed by atoms with Gasteiger partial charge in [-0.15, -0.1) is 0 Å². The van der Waals surface area contributed by atoms with Gasteiger partial charge in [0.1, 0.15) is 11.5 Å². The maximum atomic E-state index is 13.2. The Balaban J connectivity index is 1.59. The van der Waals surface area contributed by atoms with E-state index in [9.17, 15) is 15.2 Å². The smallest absolute Gasteiger partial charge is 0.227 e. The molecule has 1 aliphatic heterocycles. The molecule has 2 aromatic rings. The monoisotopic (exact) mass is 434 g/mol. The van der Waals surface area contributed by atoms with Gasteiger partial charge in [-0.2, -0.15) is 5.26 Å². The van der Waals surface area contributed by atoms with Gasteiger partial charge in [-0.3, -0.25) is 4.79 Å². The second kappa shape index (κ2) is 9.22. The average molecular weight is 435 g/mol. The minimum absolute atomic E-state index is 0.0480. The molecular formula is C26H30N2O4. The van der Waals surface area contributed by atoms with E-state index in [1.165, 1.54) is 0 Å². The van der Waals surface area contributed by atoms with Crippen molar-refractivity contribution >= 4 is 5.91 Å². The maximum Gasteiger partial charge on any atom is 0.227 e. The number of aliphatic hydroxyl groups is 1. The first-order chi connectivity index (χ1) is 15.5. The minimum atomic E-state index is -1.14. The highest BCUT2D eigenvalue weighted by Gasteiger charge is 2.53. The highest BCUT2D eigenvalue weighted by Crippen LogP contribution is 2.52. The van der Waals surface area contributed by atoms with Crippen molar-refractivity contribution in [3.05, 3.63) is 59.7 Å². The van der Waals surface area contributed by atoms with E-state index in [2.05, 4.69) is 6.07 Å². The fourth-order valence-electron chi connectivity index (χ4n) is 5.62. The summed E-state index contributed by atoms with van der Waals surface area (Å²) >= 11 is 0. The summed E-state index contributed by atoms with van der Waals surface area (Å²) < 4.78 is 10.8. The summed E-state index contributed by atoms with van der Waals surface area (Å²) in [6.45, 7) is 1.11. The lowest BCUT2D eigenvalue weighted by Crippen LogP contribution is -2.46. The molecule has 1 amide bonds. The number of ether oxygens (including phenoxy) is 2. The van der Waals surface area contributed by atoms with Crippen molar-refractivity contribution in [2.45, 2.75) is 31.3 Å². The van der Waals surface area contributed by atoms with Crippen LogP contribution < -0.4 is 9.47 Å². The number of nitriles is 1. The van der Waals surface area contributed by atoms with Crippen molar-refractivity contribution in [1.82, 2.24) is 4.90 Å². The van der Waals surface area contributed by atoms with E-state index in [1.807, 2.05) is 53.4 Å². The number of benzene rings is 2. The van der Waals surface area contributed by atoms with Crippen molar-refractivity contribution < 1.29 is 19.4 Å². The molecule has 0 aromatic heterocycles. The zero-order valence-corrected chi connectivity index (χ0v) is 18.7. The maximum absolute atomic E-state index is 13.2. The number of hydrogen-bond donors (Lipinski definition) is 1.